The third-order valence-corrected chi connectivity index (χ3v) is 4.48. The molecule has 32 heavy (non-hydrogen) atoms. The van der Waals surface area contributed by atoms with Gasteiger partial charge >= 0.3 is 12.0 Å². The molecule has 0 saturated heterocycles. The van der Waals surface area contributed by atoms with Crippen LogP contribution in [0.15, 0.2) is 60.7 Å². The lowest BCUT2D eigenvalue weighted by molar-refractivity contribution is -0.142. The molecule has 0 aliphatic heterocycles. The third kappa shape index (κ3) is 5.72. The molecule has 166 valence electrons. The van der Waals surface area contributed by atoms with Crippen molar-refractivity contribution in [3.8, 4) is 23.5 Å². The summed E-state index contributed by atoms with van der Waals surface area (Å²) in [5.74, 6) is -0.392. The molecule has 3 rings (SSSR count). The molecule has 1 N–H and O–H groups in total. The molecule has 0 radical (unpaired) electrons. The Balaban J connectivity index is 1.83. The highest BCUT2D eigenvalue weighted by Crippen LogP contribution is 2.26. The van der Waals surface area contributed by atoms with Crippen molar-refractivity contribution >= 4 is 11.9 Å². The predicted molar refractivity (Wildman–Crippen MR) is 115 cm³/mol. The minimum atomic E-state index is -0.879. The van der Waals surface area contributed by atoms with Gasteiger partial charge in [-0.05, 0) is 17.7 Å². The molecule has 0 spiro atoms. The van der Waals surface area contributed by atoms with Gasteiger partial charge in [0, 0.05) is 6.42 Å². The van der Waals surface area contributed by atoms with Crippen molar-refractivity contribution in [2.75, 3.05) is 21.3 Å². The number of ether oxygens (including phenoxy) is 4. The minimum Gasteiger partial charge on any atom is -0.481 e. The molecule has 1 atom stereocenters. The molecular weight excluding hydrogens is 414 g/mol. The largest absolute Gasteiger partial charge is 0.481 e. The standard InChI is InChI=1S/C23H23N3O6/c1-29-19-14-20(30-2)26-23(25-19)32-18-12-8-7-11-16(18)21(27)24-17(22(28)31-3)13-15-9-5-4-6-10-15/h4-12,14,17H,13H2,1-3H3,(H,24,27). The number of aromatic nitrogens is 2. The number of rotatable bonds is 9. The number of carbonyl (C=O) groups excluding carboxylic acids is 2. The number of amides is 1. The first-order valence-electron chi connectivity index (χ1n) is 9.70. The van der Waals surface area contributed by atoms with Gasteiger partial charge in [-0.15, -0.1) is 0 Å². The Morgan fingerprint density at radius 3 is 2.16 bits per heavy atom. The van der Waals surface area contributed by atoms with Crippen molar-refractivity contribution in [3.63, 3.8) is 0 Å². The molecule has 1 aromatic heterocycles. The van der Waals surface area contributed by atoms with Crippen LogP contribution in [0.4, 0.5) is 0 Å². The number of hydrogen-bond acceptors (Lipinski definition) is 8. The first-order valence-corrected chi connectivity index (χ1v) is 9.70. The van der Waals surface area contributed by atoms with E-state index in [2.05, 4.69) is 15.3 Å². The number of nitrogens with zero attached hydrogens (tertiary/aromatic N) is 2. The summed E-state index contributed by atoms with van der Waals surface area (Å²) in [5.41, 5.74) is 1.07. The number of hydrogen-bond donors (Lipinski definition) is 1. The normalized spacial score (nSPS) is 11.2. The van der Waals surface area contributed by atoms with E-state index < -0.39 is 17.9 Å². The summed E-state index contributed by atoms with van der Waals surface area (Å²) >= 11 is 0. The molecule has 1 amide bonds. The molecule has 1 unspecified atom stereocenters. The van der Waals surface area contributed by atoms with Crippen LogP contribution >= 0.6 is 0 Å². The van der Waals surface area contributed by atoms with E-state index in [1.54, 1.807) is 24.3 Å². The summed E-state index contributed by atoms with van der Waals surface area (Å²) in [6.07, 6.45) is 0.276. The first kappa shape index (κ1) is 22.5. The highest BCUT2D eigenvalue weighted by Gasteiger charge is 2.24. The zero-order valence-electron chi connectivity index (χ0n) is 17.9. The van der Waals surface area contributed by atoms with E-state index in [0.717, 1.165) is 5.56 Å². The molecule has 2 aromatic carbocycles. The van der Waals surface area contributed by atoms with Crippen molar-refractivity contribution in [2.24, 2.45) is 0 Å². The van der Waals surface area contributed by atoms with E-state index in [0.29, 0.717) is 0 Å². The van der Waals surface area contributed by atoms with E-state index in [1.165, 1.54) is 27.4 Å². The SMILES string of the molecule is COC(=O)C(Cc1ccccc1)NC(=O)c1ccccc1Oc1nc(OC)cc(OC)n1. The minimum absolute atomic E-state index is 0.0600. The maximum atomic E-state index is 13.0. The van der Waals surface area contributed by atoms with Crippen molar-refractivity contribution in [3.05, 3.63) is 71.8 Å². The Kier molecular flexibility index (Phi) is 7.58. The van der Waals surface area contributed by atoms with Crippen LogP contribution < -0.4 is 19.5 Å². The van der Waals surface area contributed by atoms with E-state index in [9.17, 15) is 9.59 Å². The van der Waals surface area contributed by atoms with E-state index >= 15 is 0 Å². The molecule has 0 saturated carbocycles. The second-order valence-electron chi connectivity index (χ2n) is 6.57. The fourth-order valence-electron chi connectivity index (χ4n) is 2.90. The Hall–Kier alpha value is -4.14. The average molecular weight is 437 g/mol. The summed E-state index contributed by atoms with van der Waals surface area (Å²) in [6.45, 7) is 0. The summed E-state index contributed by atoms with van der Waals surface area (Å²) in [5, 5.41) is 2.72. The van der Waals surface area contributed by atoms with Crippen molar-refractivity contribution in [1.29, 1.82) is 0 Å². The van der Waals surface area contributed by atoms with Crippen LogP contribution in [0.25, 0.3) is 0 Å². The number of para-hydroxylation sites is 1. The van der Waals surface area contributed by atoms with E-state index in [-0.39, 0.29) is 35.5 Å². The fraction of sp³-hybridized carbons (Fsp3) is 0.217. The Labute approximate surface area is 185 Å². The van der Waals surface area contributed by atoms with Crippen LogP contribution in [0.2, 0.25) is 0 Å². The Morgan fingerprint density at radius 1 is 0.906 bits per heavy atom. The van der Waals surface area contributed by atoms with Gasteiger partial charge in [0.25, 0.3) is 5.91 Å². The molecular formula is C23H23N3O6. The summed E-state index contributed by atoms with van der Waals surface area (Å²) < 4.78 is 20.8. The van der Waals surface area contributed by atoms with Gasteiger partial charge in [0.15, 0.2) is 0 Å². The molecule has 9 heteroatoms. The molecule has 0 bridgehead atoms. The molecule has 1 heterocycles. The van der Waals surface area contributed by atoms with Crippen molar-refractivity contribution in [1.82, 2.24) is 15.3 Å². The van der Waals surface area contributed by atoms with Crippen LogP contribution in [-0.4, -0.2) is 49.2 Å². The van der Waals surface area contributed by atoms with Crippen LogP contribution in [0.3, 0.4) is 0 Å². The Bertz CT molecular complexity index is 1050. The number of carbonyl (C=O) groups is 2. The highest BCUT2D eigenvalue weighted by molar-refractivity contribution is 5.99. The molecule has 0 fully saturated rings. The van der Waals surface area contributed by atoms with Gasteiger partial charge in [0.2, 0.25) is 11.8 Å². The summed E-state index contributed by atoms with van der Waals surface area (Å²) in [7, 11) is 4.18. The molecule has 0 aliphatic carbocycles. The maximum Gasteiger partial charge on any atom is 0.328 e. The van der Waals surface area contributed by atoms with Crippen LogP contribution in [-0.2, 0) is 16.0 Å². The van der Waals surface area contributed by atoms with Gasteiger partial charge in [-0.2, -0.15) is 9.97 Å². The number of esters is 1. The van der Waals surface area contributed by atoms with Crippen LogP contribution in [0.1, 0.15) is 15.9 Å². The maximum absolute atomic E-state index is 13.0. The number of benzene rings is 2. The van der Waals surface area contributed by atoms with E-state index in [4.69, 9.17) is 18.9 Å². The van der Waals surface area contributed by atoms with Crippen LogP contribution in [0.5, 0.6) is 23.5 Å². The average Bonchev–Trinajstić information content (AvgIpc) is 2.83. The number of methoxy groups -OCH3 is 3. The van der Waals surface area contributed by atoms with E-state index in [1.807, 2.05) is 30.3 Å². The second kappa shape index (κ2) is 10.8. The zero-order valence-corrected chi connectivity index (χ0v) is 17.9. The molecule has 9 nitrogen and oxygen atoms in total. The first-order chi connectivity index (χ1) is 15.5. The van der Waals surface area contributed by atoms with Gasteiger partial charge in [0.1, 0.15) is 11.8 Å². The van der Waals surface area contributed by atoms with Crippen LogP contribution in [0, 0.1) is 0 Å². The van der Waals surface area contributed by atoms with Gasteiger partial charge in [-0.25, -0.2) is 4.79 Å². The predicted octanol–water partition coefficient (Wildman–Crippen LogP) is 2.80. The third-order valence-electron chi connectivity index (χ3n) is 4.48. The zero-order chi connectivity index (χ0) is 22.9. The van der Waals surface area contributed by atoms with Gasteiger partial charge in [-0.1, -0.05) is 42.5 Å². The molecule has 0 aliphatic rings. The lowest BCUT2D eigenvalue weighted by atomic mass is 10.1. The monoisotopic (exact) mass is 437 g/mol. The lowest BCUT2D eigenvalue weighted by Crippen LogP contribution is -2.43. The smallest absolute Gasteiger partial charge is 0.328 e. The topological polar surface area (TPSA) is 109 Å². The fourth-order valence-corrected chi connectivity index (χ4v) is 2.90. The quantitative estimate of drug-likeness (QED) is 0.509. The highest BCUT2D eigenvalue weighted by atomic mass is 16.5. The lowest BCUT2D eigenvalue weighted by Gasteiger charge is -2.18. The van der Waals surface area contributed by atoms with Crippen molar-refractivity contribution < 1.29 is 28.5 Å². The number of nitrogens with one attached hydrogen (secondary N) is 1. The van der Waals surface area contributed by atoms with Gasteiger partial charge < -0.3 is 24.3 Å². The van der Waals surface area contributed by atoms with Gasteiger partial charge in [-0.3, -0.25) is 4.79 Å². The van der Waals surface area contributed by atoms with Gasteiger partial charge in [0.05, 0.1) is 33.0 Å². The molecule has 3 aromatic rings. The van der Waals surface area contributed by atoms with Crippen molar-refractivity contribution in [2.45, 2.75) is 12.5 Å². The Morgan fingerprint density at radius 2 is 1.53 bits per heavy atom. The summed E-state index contributed by atoms with van der Waals surface area (Å²) in [6, 6.07) is 16.4. The summed E-state index contributed by atoms with van der Waals surface area (Å²) in [4.78, 5) is 33.5. The second-order valence-corrected chi connectivity index (χ2v) is 6.57.